The molecule has 0 spiro atoms. The fraction of sp³-hybridized carbons (Fsp3) is 0.143. The molecule has 2 N–H and O–H groups in total. The molecule has 5 nitrogen and oxygen atoms in total. The molecule has 2 rings (SSSR count). The molecule has 0 aliphatic heterocycles. The summed E-state index contributed by atoms with van der Waals surface area (Å²) in [6, 6.07) is 8.47. The molecule has 0 saturated carbocycles. The van der Waals surface area contributed by atoms with Crippen molar-refractivity contribution in [3.05, 3.63) is 63.5 Å². The van der Waals surface area contributed by atoms with Crippen molar-refractivity contribution in [2.75, 3.05) is 0 Å². The lowest BCUT2D eigenvalue weighted by atomic mass is 10.1. The SMILES string of the molecule is Cc1cc(Oc2ccc([N+](=O)[O-])cc2F)ccc1CN. The van der Waals surface area contributed by atoms with Gasteiger partial charge in [0.15, 0.2) is 11.6 Å². The van der Waals surface area contributed by atoms with Crippen LogP contribution in [0.4, 0.5) is 10.1 Å². The van der Waals surface area contributed by atoms with Gasteiger partial charge in [0.1, 0.15) is 5.75 Å². The molecule has 0 atom stereocenters. The predicted octanol–water partition coefficient (Wildman–Crippen LogP) is 3.29. The summed E-state index contributed by atoms with van der Waals surface area (Å²) in [4.78, 5) is 9.86. The quantitative estimate of drug-likeness (QED) is 0.686. The number of nitro groups is 1. The number of halogens is 1. The number of rotatable bonds is 4. The second-order valence-electron chi connectivity index (χ2n) is 4.27. The second kappa shape index (κ2) is 5.66. The van der Waals surface area contributed by atoms with Crippen LogP contribution in [0.3, 0.4) is 0 Å². The Morgan fingerprint density at radius 3 is 2.60 bits per heavy atom. The van der Waals surface area contributed by atoms with Crippen LogP contribution in [-0.2, 0) is 6.54 Å². The standard InChI is InChI=1S/C14H13FN2O3/c1-9-6-12(4-2-10(9)8-16)20-14-5-3-11(17(18)19)7-13(14)15/h2-7H,8,16H2,1H3. The fourth-order valence-electron chi connectivity index (χ4n) is 1.77. The van der Waals surface area contributed by atoms with Crippen molar-refractivity contribution in [2.45, 2.75) is 13.5 Å². The van der Waals surface area contributed by atoms with E-state index in [2.05, 4.69) is 0 Å². The number of ether oxygens (including phenoxy) is 1. The van der Waals surface area contributed by atoms with E-state index in [1.807, 2.05) is 6.92 Å². The van der Waals surface area contributed by atoms with Crippen molar-refractivity contribution in [1.29, 1.82) is 0 Å². The Balaban J connectivity index is 2.26. The summed E-state index contributed by atoms with van der Waals surface area (Å²) in [7, 11) is 0. The molecule has 104 valence electrons. The van der Waals surface area contributed by atoms with Crippen LogP contribution in [-0.4, -0.2) is 4.92 Å². The fourth-order valence-corrected chi connectivity index (χ4v) is 1.77. The molecule has 0 unspecified atom stereocenters. The predicted molar refractivity (Wildman–Crippen MR) is 72.2 cm³/mol. The Kier molecular flexibility index (Phi) is 3.95. The van der Waals surface area contributed by atoms with E-state index in [9.17, 15) is 14.5 Å². The first-order chi connectivity index (χ1) is 9.51. The Bertz CT molecular complexity index is 659. The zero-order chi connectivity index (χ0) is 14.7. The van der Waals surface area contributed by atoms with Crippen molar-refractivity contribution < 1.29 is 14.1 Å². The van der Waals surface area contributed by atoms with Crippen LogP contribution in [0.25, 0.3) is 0 Å². The van der Waals surface area contributed by atoms with Crippen LogP contribution < -0.4 is 10.5 Å². The van der Waals surface area contributed by atoms with E-state index >= 15 is 0 Å². The maximum absolute atomic E-state index is 13.7. The highest BCUT2D eigenvalue weighted by Crippen LogP contribution is 2.28. The van der Waals surface area contributed by atoms with E-state index in [0.29, 0.717) is 12.3 Å². The number of aryl methyl sites for hydroxylation is 1. The van der Waals surface area contributed by atoms with Crippen LogP contribution in [0.15, 0.2) is 36.4 Å². The average Bonchev–Trinajstić information content (AvgIpc) is 2.41. The van der Waals surface area contributed by atoms with Gasteiger partial charge in [-0.15, -0.1) is 0 Å². The van der Waals surface area contributed by atoms with Gasteiger partial charge in [0.05, 0.1) is 11.0 Å². The molecule has 0 saturated heterocycles. The van der Waals surface area contributed by atoms with Gasteiger partial charge >= 0.3 is 0 Å². The molecule has 0 aliphatic rings. The smallest absolute Gasteiger partial charge is 0.272 e. The Morgan fingerprint density at radius 1 is 1.30 bits per heavy atom. The average molecular weight is 276 g/mol. The Labute approximate surface area is 114 Å². The summed E-state index contributed by atoms with van der Waals surface area (Å²) in [5, 5.41) is 10.5. The summed E-state index contributed by atoms with van der Waals surface area (Å²) in [6.45, 7) is 2.29. The first kappa shape index (κ1) is 14.0. The van der Waals surface area contributed by atoms with E-state index in [0.717, 1.165) is 17.2 Å². The van der Waals surface area contributed by atoms with Gasteiger partial charge in [-0.05, 0) is 36.2 Å². The maximum Gasteiger partial charge on any atom is 0.272 e. The van der Waals surface area contributed by atoms with Gasteiger partial charge in [-0.25, -0.2) is 4.39 Å². The number of hydrogen-bond donors (Lipinski definition) is 1. The first-order valence-corrected chi connectivity index (χ1v) is 5.92. The third kappa shape index (κ3) is 2.92. The lowest BCUT2D eigenvalue weighted by Gasteiger charge is -2.09. The molecule has 2 aromatic carbocycles. The molecule has 0 aliphatic carbocycles. The third-order valence-corrected chi connectivity index (χ3v) is 2.89. The molecule has 0 heterocycles. The topological polar surface area (TPSA) is 78.4 Å². The van der Waals surface area contributed by atoms with E-state index < -0.39 is 10.7 Å². The summed E-state index contributed by atoms with van der Waals surface area (Å²) in [5.74, 6) is -0.386. The minimum atomic E-state index is -0.778. The molecule has 0 bridgehead atoms. The lowest BCUT2D eigenvalue weighted by molar-refractivity contribution is -0.385. The van der Waals surface area contributed by atoms with E-state index in [1.165, 1.54) is 12.1 Å². The highest BCUT2D eigenvalue weighted by molar-refractivity contribution is 5.41. The van der Waals surface area contributed by atoms with Crippen LogP contribution in [0, 0.1) is 22.9 Å². The van der Waals surface area contributed by atoms with E-state index in [1.54, 1.807) is 18.2 Å². The third-order valence-electron chi connectivity index (χ3n) is 2.89. The largest absolute Gasteiger partial charge is 0.454 e. The van der Waals surface area contributed by atoms with E-state index in [4.69, 9.17) is 10.5 Å². The molecule has 0 amide bonds. The molecule has 0 aromatic heterocycles. The maximum atomic E-state index is 13.7. The van der Waals surface area contributed by atoms with E-state index in [-0.39, 0.29) is 11.4 Å². The minimum absolute atomic E-state index is 0.0597. The van der Waals surface area contributed by atoms with Gasteiger partial charge in [0, 0.05) is 12.6 Å². The van der Waals surface area contributed by atoms with Gasteiger partial charge in [-0.3, -0.25) is 10.1 Å². The zero-order valence-electron chi connectivity index (χ0n) is 10.8. The highest BCUT2D eigenvalue weighted by atomic mass is 19.1. The van der Waals surface area contributed by atoms with Crippen molar-refractivity contribution in [3.63, 3.8) is 0 Å². The molecular weight excluding hydrogens is 263 g/mol. The van der Waals surface area contributed by atoms with Crippen LogP contribution in [0.2, 0.25) is 0 Å². The van der Waals surface area contributed by atoms with Gasteiger partial charge in [0.25, 0.3) is 5.69 Å². The number of benzene rings is 2. The van der Waals surface area contributed by atoms with Crippen LogP contribution >= 0.6 is 0 Å². The minimum Gasteiger partial charge on any atom is -0.454 e. The van der Waals surface area contributed by atoms with Crippen molar-refractivity contribution in [1.82, 2.24) is 0 Å². The number of nitrogens with two attached hydrogens (primary N) is 1. The Hall–Kier alpha value is -2.47. The van der Waals surface area contributed by atoms with Gasteiger partial charge in [0.2, 0.25) is 0 Å². The molecular formula is C14H13FN2O3. The molecule has 0 fully saturated rings. The summed E-state index contributed by atoms with van der Waals surface area (Å²) in [5.41, 5.74) is 7.15. The summed E-state index contributed by atoms with van der Waals surface area (Å²) >= 11 is 0. The number of non-ortho nitro benzene ring substituents is 1. The normalized spacial score (nSPS) is 10.3. The zero-order valence-corrected chi connectivity index (χ0v) is 10.8. The molecule has 6 heteroatoms. The second-order valence-corrected chi connectivity index (χ2v) is 4.27. The van der Waals surface area contributed by atoms with Crippen LogP contribution in [0.5, 0.6) is 11.5 Å². The highest BCUT2D eigenvalue weighted by Gasteiger charge is 2.12. The summed E-state index contributed by atoms with van der Waals surface area (Å²) < 4.78 is 19.1. The van der Waals surface area contributed by atoms with Gasteiger partial charge in [-0.2, -0.15) is 0 Å². The van der Waals surface area contributed by atoms with Crippen LogP contribution in [0.1, 0.15) is 11.1 Å². The monoisotopic (exact) mass is 276 g/mol. The Morgan fingerprint density at radius 2 is 2.05 bits per heavy atom. The van der Waals surface area contributed by atoms with Crippen molar-refractivity contribution in [3.8, 4) is 11.5 Å². The lowest BCUT2D eigenvalue weighted by Crippen LogP contribution is -1.99. The molecule has 0 radical (unpaired) electrons. The summed E-state index contributed by atoms with van der Waals surface area (Å²) in [6.07, 6.45) is 0. The number of nitro benzene ring substituents is 1. The van der Waals surface area contributed by atoms with Crippen molar-refractivity contribution >= 4 is 5.69 Å². The molecule has 20 heavy (non-hydrogen) atoms. The molecule has 2 aromatic rings. The number of hydrogen-bond acceptors (Lipinski definition) is 4. The number of nitrogens with zero attached hydrogens (tertiary/aromatic N) is 1. The van der Waals surface area contributed by atoms with Gasteiger partial charge in [-0.1, -0.05) is 6.07 Å². The van der Waals surface area contributed by atoms with Gasteiger partial charge < -0.3 is 10.5 Å². The first-order valence-electron chi connectivity index (χ1n) is 5.92. The van der Waals surface area contributed by atoms with Crippen molar-refractivity contribution in [2.24, 2.45) is 5.73 Å².